The third kappa shape index (κ3) is 8.03. The van der Waals surface area contributed by atoms with E-state index in [1.807, 2.05) is 20.8 Å². The van der Waals surface area contributed by atoms with Crippen molar-refractivity contribution in [2.24, 2.45) is 0 Å². The normalized spacial score (nSPS) is 12.5. The Balaban J connectivity index is 2.05. The second-order valence-electron chi connectivity index (χ2n) is 10.1. The summed E-state index contributed by atoms with van der Waals surface area (Å²) >= 11 is 6.04. The monoisotopic (exact) mass is 573 g/mol. The van der Waals surface area contributed by atoms with Gasteiger partial charge >= 0.3 is 0 Å². The van der Waals surface area contributed by atoms with Gasteiger partial charge in [0.15, 0.2) is 0 Å². The van der Waals surface area contributed by atoms with E-state index in [9.17, 15) is 22.4 Å². The summed E-state index contributed by atoms with van der Waals surface area (Å²) in [6.45, 7) is 6.68. The summed E-state index contributed by atoms with van der Waals surface area (Å²) < 4.78 is 42.0. The molecule has 0 fully saturated rings. The van der Waals surface area contributed by atoms with E-state index in [0.29, 0.717) is 10.6 Å². The van der Waals surface area contributed by atoms with Gasteiger partial charge in [-0.05, 0) is 81.3 Å². The Bertz CT molecular complexity index is 1380. The van der Waals surface area contributed by atoms with Crippen LogP contribution >= 0.6 is 11.6 Å². The van der Waals surface area contributed by atoms with Crippen LogP contribution in [0.1, 0.15) is 39.7 Å². The van der Waals surface area contributed by atoms with Gasteiger partial charge in [-0.2, -0.15) is 0 Å². The molecule has 0 aromatic heterocycles. The highest BCUT2D eigenvalue weighted by atomic mass is 35.5. The van der Waals surface area contributed by atoms with Crippen molar-refractivity contribution >= 4 is 39.1 Å². The van der Waals surface area contributed by atoms with E-state index in [-0.39, 0.29) is 29.5 Å². The maximum atomic E-state index is 14.0. The first-order chi connectivity index (χ1) is 18.3. The zero-order valence-electron chi connectivity index (χ0n) is 22.4. The maximum Gasteiger partial charge on any atom is 0.264 e. The number of anilines is 1. The fourth-order valence-corrected chi connectivity index (χ4v) is 5.58. The van der Waals surface area contributed by atoms with E-state index >= 15 is 0 Å². The zero-order valence-corrected chi connectivity index (χ0v) is 24.0. The molecular weight excluding hydrogens is 541 g/mol. The SMILES string of the molecule is CC[C@H](C(=O)NC(C)(C)C)N(Cc1ccc(F)cc1)C(=O)CN(c1ccc(Cl)cc1)S(=O)(=O)c1ccccc1. The van der Waals surface area contributed by atoms with Gasteiger partial charge < -0.3 is 10.2 Å². The van der Waals surface area contributed by atoms with Gasteiger partial charge in [-0.1, -0.05) is 48.9 Å². The number of hydrogen-bond acceptors (Lipinski definition) is 4. The van der Waals surface area contributed by atoms with Crippen LogP contribution in [-0.2, 0) is 26.2 Å². The topological polar surface area (TPSA) is 86.8 Å². The van der Waals surface area contributed by atoms with Crippen molar-refractivity contribution in [3.05, 3.63) is 95.3 Å². The van der Waals surface area contributed by atoms with Gasteiger partial charge in [0.2, 0.25) is 11.8 Å². The van der Waals surface area contributed by atoms with E-state index in [4.69, 9.17) is 11.6 Å². The molecule has 3 rings (SSSR count). The Hall–Kier alpha value is -3.43. The Labute approximate surface area is 234 Å². The van der Waals surface area contributed by atoms with Crippen molar-refractivity contribution in [2.75, 3.05) is 10.8 Å². The van der Waals surface area contributed by atoms with Crippen molar-refractivity contribution in [3.63, 3.8) is 0 Å². The fraction of sp³-hybridized carbons (Fsp3) is 0.310. The van der Waals surface area contributed by atoms with Crippen molar-refractivity contribution in [1.29, 1.82) is 0 Å². The first kappa shape index (κ1) is 30.1. The minimum absolute atomic E-state index is 0.00958. The molecule has 208 valence electrons. The molecule has 0 saturated carbocycles. The molecule has 0 aliphatic heterocycles. The molecule has 0 saturated heterocycles. The van der Waals surface area contributed by atoms with Gasteiger partial charge in [-0.15, -0.1) is 0 Å². The van der Waals surface area contributed by atoms with E-state index in [2.05, 4.69) is 5.32 Å². The Morgan fingerprint density at radius 2 is 1.54 bits per heavy atom. The molecule has 0 aliphatic carbocycles. The van der Waals surface area contributed by atoms with Crippen molar-refractivity contribution in [2.45, 2.75) is 57.1 Å². The number of carbonyl (C=O) groups excluding carboxylic acids is 2. The van der Waals surface area contributed by atoms with Crippen LogP contribution in [0.5, 0.6) is 0 Å². The van der Waals surface area contributed by atoms with Crippen LogP contribution < -0.4 is 9.62 Å². The van der Waals surface area contributed by atoms with Crippen LogP contribution in [0.4, 0.5) is 10.1 Å². The molecule has 0 heterocycles. The second-order valence-corrected chi connectivity index (χ2v) is 12.4. The highest BCUT2D eigenvalue weighted by molar-refractivity contribution is 7.92. The van der Waals surface area contributed by atoms with Crippen LogP contribution in [0, 0.1) is 5.82 Å². The molecule has 0 aliphatic rings. The van der Waals surface area contributed by atoms with Crippen LogP contribution in [0.25, 0.3) is 0 Å². The summed E-state index contributed by atoms with van der Waals surface area (Å²) in [7, 11) is -4.16. The summed E-state index contributed by atoms with van der Waals surface area (Å²) in [6.07, 6.45) is 0.279. The molecule has 7 nitrogen and oxygen atoms in total. The van der Waals surface area contributed by atoms with E-state index in [1.165, 1.54) is 65.6 Å². The van der Waals surface area contributed by atoms with Gasteiger partial charge in [0.25, 0.3) is 10.0 Å². The second kappa shape index (κ2) is 12.6. The summed E-state index contributed by atoms with van der Waals surface area (Å²) in [5, 5.41) is 3.32. The Morgan fingerprint density at radius 1 is 0.949 bits per heavy atom. The molecule has 2 amide bonds. The Morgan fingerprint density at radius 3 is 2.08 bits per heavy atom. The lowest BCUT2D eigenvalue weighted by Gasteiger charge is -2.34. The number of sulfonamides is 1. The van der Waals surface area contributed by atoms with Gasteiger partial charge in [-0.3, -0.25) is 13.9 Å². The van der Waals surface area contributed by atoms with Crippen LogP contribution in [0.3, 0.4) is 0 Å². The number of hydrogen-bond donors (Lipinski definition) is 1. The summed E-state index contributed by atoms with van der Waals surface area (Å²) in [5.74, 6) is -1.40. The molecule has 1 N–H and O–H groups in total. The van der Waals surface area contributed by atoms with E-state index < -0.39 is 39.9 Å². The highest BCUT2D eigenvalue weighted by Crippen LogP contribution is 2.26. The van der Waals surface area contributed by atoms with Crippen molar-refractivity contribution in [1.82, 2.24) is 10.2 Å². The number of benzene rings is 3. The van der Waals surface area contributed by atoms with E-state index in [1.54, 1.807) is 25.1 Å². The molecule has 10 heteroatoms. The number of rotatable bonds is 10. The molecule has 0 radical (unpaired) electrons. The lowest BCUT2D eigenvalue weighted by molar-refractivity contribution is -0.141. The summed E-state index contributed by atoms with van der Waals surface area (Å²) in [6, 6.07) is 18.6. The summed E-state index contributed by atoms with van der Waals surface area (Å²) in [5.41, 5.74) is 0.280. The third-order valence-corrected chi connectivity index (χ3v) is 7.92. The number of nitrogens with zero attached hydrogens (tertiary/aromatic N) is 2. The molecule has 0 unspecified atom stereocenters. The quantitative estimate of drug-likeness (QED) is 0.352. The van der Waals surface area contributed by atoms with Crippen LogP contribution in [-0.4, -0.2) is 43.3 Å². The predicted octanol–water partition coefficient (Wildman–Crippen LogP) is 5.40. The average molecular weight is 574 g/mol. The van der Waals surface area contributed by atoms with Crippen LogP contribution in [0.2, 0.25) is 5.02 Å². The molecule has 0 spiro atoms. The van der Waals surface area contributed by atoms with Gasteiger partial charge in [0, 0.05) is 17.1 Å². The van der Waals surface area contributed by atoms with Gasteiger partial charge in [0.1, 0.15) is 18.4 Å². The third-order valence-electron chi connectivity index (χ3n) is 5.87. The predicted molar refractivity (Wildman–Crippen MR) is 151 cm³/mol. The van der Waals surface area contributed by atoms with Gasteiger partial charge in [0.05, 0.1) is 10.6 Å². The summed E-state index contributed by atoms with van der Waals surface area (Å²) in [4.78, 5) is 28.6. The number of nitrogens with one attached hydrogen (secondary N) is 1. The minimum atomic E-state index is -4.16. The lowest BCUT2D eigenvalue weighted by Crippen LogP contribution is -2.55. The first-order valence-corrected chi connectivity index (χ1v) is 14.3. The molecule has 1 atom stereocenters. The minimum Gasteiger partial charge on any atom is -0.350 e. The lowest BCUT2D eigenvalue weighted by atomic mass is 10.1. The maximum absolute atomic E-state index is 14.0. The molecule has 0 bridgehead atoms. The number of carbonyl (C=O) groups is 2. The number of amides is 2. The first-order valence-electron chi connectivity index (χ1n) is 12.5. The average Bonchev–Trinajstić information content (AvgIpc) is 2.88. The van der Waals surface area contributed by atoms with Crippen molar-refractivity contribution in [3.8, 4) is 0 Å². The largest absolute Gasteiger partial charge is 0.350 e. The smallest absolute Gasteiger partial charge is 0.264 e. The molecular formula is C29H33ClFN3O4S. The fourth-order valence-electron chi connectivity index (χ4n) is 4.01. The highest BCUT2D eigenvalue weighted by Gasteiger charge is 2.34. The zero-order chi connectivity index (χ0) is 28.8. The van der Waals surface area contributed by atoms with Crippen molar-refractivity contribution < 1.29 is 22.4 Å². The Kier molecular flexibility index (Phi) is 9.74. The molecule has 3 aromatic rings. The molecule has 3 aromatic carbocycles. The van der Waals surface area contributed by atoms with Crippen LogP contribution in [0.15, 0.2) is 83.8 Å². The van der Waals surface area contributed by atoms with E-state index in [0.717, 1.165) is 4.31 Å². The van der Waals surface area contributed by atoms with Gasteiger partial charge in [-0.25, -0.2) is 12.8 Å². The molecule has 39 heavy (non-hydrogen) atoms. The number of halogens is 2. The standard InChI is InChI=1S/C29H33ClFN3O4S/c1-5-26(28(36)32-29(2,3)4)33(19-21-11-15-23(31)16-12-21)27(35)20-34(24-17-13-22(30)14-18-24)39(37,38)25-9-7-6-8-10-25/h6-18,26H,5,19-20H2,1-4H3,(H,32,36)/t26-/m1/s1.